The Morgan fingerprint density at radius 2 is 1.87 bits per heavy atom. The van der Waals surface area contributed by atoms with Crippen LogP contribution in [0.5, 0.6) is 5.75 Å². The normalized spacial score (nSPS) is 20.5. The molecule has 0 bridgehead atoms. The lowest BCUT2D eigenvalue weighted by Crippen LogP contribution is -2.54. The second kappa shape index (κ2) is 7.60. The lowest BCUT2D eigenvalue weighted by Gasteiger charge is -2.42. The quantitative estimate of drug-likeness (QED) is 0.614. The highest BCUT2D eigenvalue weighted by Crippen LogP contribution is 2.47. The van der Waals surface area contributed by atoms with Crippen molar-refractivity contribution < 1.29 is 27.4 Å². The molecule has 0 radical (unpaired) electrons. The lowest BCUT2D eigenvalue weighted by atomic mass is 9.70. The fraction of sp³-hybridized carbons (Fsp3) is 0.348. The van der Waals surface area contributed by atoms with Gasteiger partial charge < -0.3 is 19.6 Å². The van der Waals surface area contributed by atoms with Crippen LogP contribution in [0.25, 0.3) is 10.8 Å². The summed E-state index contributed by atoms with van der Waals surface area (Å²) in [6.45, 7) is 1.22. The Morgan fingerprint density at radius 1 is 1.10 bits per heavy atom. The first-order valence-electron chi connectivity index (χ1n) is 9.89. The van der Waals surface area contributed by atoms with Gasteiger partial charge in [-0.05, 0) is 37.1 Å². The molecular weight excluding hydrogens is 411 g/mol. The molecule has 164 valence electrons. The van der Waals surface area contributed by atoms with E-state index in [-0.39, 0.29) is 12.0 Å². The maximum absolute atomic E-state index is 14.1. The highest BCUT2D eigenvalue weighted by molar-refractivity contribution is 5.92. The van der Waals surface area contributed by atoms with Crippen molar-refractivity contribution in [3.8, 4) is 5.75 Å². The Labute approximate surface area is 176 Å². The van der Waals surface area contributed by atoms with Crippen LogP contribution in [-0.2, 0) is 5.41 Å². The van der Waals surface area contributed by atoms with Crippen molar-refractivity contribution in [2.75, 3.05) is 18.5 Å². The van der Waals surface area contributed by atoms with Crippen LogP contribution in [0.1, 0.15) is 25.3 Å². The number of rotatable bonds is 5. The summed E-state index contributed by atoms with van der Waals surface area (Å²) in [6.07, 6.45) is -3.88. The molecule has 8 heteroatoms. The number of para-hydroxylation sites is 1. The summed E-state index contributed by atoms with van der Waals surface area (Å²) >= 11 is 0. The predicted molar refractivity (Wildman–Crippen MR) is 111 cm³/mol. The van der Waals surface area contributed by atoms with Gasteiger partial charge in [0.05, 0.1) is 24.8 Å². The zero-order chi connectivity index (χ0) is 22.3. The van der Waals surface area contributed by atoms with Gasteiger partial charge in [-0.25, -0.2) is 4.79 Å². The summed E-state index contributed by atoms with van der Waals surface area (Å²) < 4.78 is 52.7. The van der Waals surface area contributed by atoms with Crippen molar-refractivity contribution in [1.82, 2.24) is 0 Å². The Bertz CT molecular complexity index is 1160. The Kier molecular flexibility index (Phi) is 5.21. The molecule has 1 aromatic heterocycles. The zero-order valence-electron chi connectivity index (χ0n) is 16.8. The molecule has 2 aromatic carbocycles. The molecule has 3 aromatic rings. The van der Waals surface area contributed by atoms with Crippen LogP contribution in [0.4, 0.5) is 18.9 Å². The third kappa shape index (κ3) is 3.87. The van der Waals surface area contributed by atoms with Gasteiger partial charge in [-0.3, -0.25) is 0 Å². The minimum absolute atomic E-state index is 0.244. The largest absolute Gasteiger partial charge is 0.493 e. The zero-order valence-corrected chi connectivity index (χ0v) is 16.8. The van der Waals surface area contributed by atoms with Crippen molar-refractivity contribution in [3.63, 3.8) is 0 Å². The van der Waals surface area contributed by atoms with Crippen molar-refractivity contribution >= 4 is 16.5 Å². The van der Waals surface area contributed by atoms with Gasteiger partial charge in [0, 0.05) is 22.1 Å². The molecule has 0 fully saturated rings. The van der Waals surface area contributed by atoms with Crippen molar-refractivity contribution in [1.29, 1.82) is 0 Å². The second-order valence-electron chi connectivity index (χ2n) is 8.19. The molecule has 0 amide bonds. The van der Waals surface area contributed by atoms with Crippen LogP contribution in [0.15, 0.2) is 64.0 Å². The van der Waals surface area contributed by atoms with Crippen LogP contribution in [-0.4, -0.2) is 30.0 Å². The van der Waals surface area contributed by atoms with Crippen molar-refractivity contribution in [2.45, 2.75) is 37.0 Å². The molecule has 1 aliphatic rings. The summed E-state index contributed by atoms with van der Waals surface area (Å²) in [5, 5.41) is 14.2. The van der Waals surface area contributed by atoms with E-state index in [2.05, 4.69) is 5.32 Å². The van der Waals surface area contributed by atoms with E-state index in [1.54, 1.807) is 43.3 Å². The van der Waals surface area contributed by atoms with Gasteiger partial charge in [0.15, 0.2) is 5.60 Å². The number of alkyl halides is 3. The van der Waals surface area contributed by atoms with Crippen molar-refractivity contribution in [3.05, 3.63) is 70.8 Å². The van der Waals surface area contributed by atoms with Crippen molar-refractivity contribution in [2.24, 2.45) is 0 Å². The van der Waals surface area contributed by atoms with Gasteiger partial charge in [0.1, 0.15) is 5.75 Å². The summed E-state index contributed by atoms with van der Waals surface area (Å²) in [4.78, 5) is 11.9. The molecule has 4 rings (SSSR count). The minimum atomic E-state index is -4.88. The Hall–Kier alpha value is -3.00. The summed E-state index contributed by atoms with van der Waals surface area (Å²) in [7, 11) is 0. The third-order valence-electron chi connectivity index (χ3n) is 5.97. The van der Waals surface area contributed by atoms with Gasteiger partial charge in [-0.1, -0.05) is 31.2 Å². The fourth-order valence-electron chi connectivity index (χ4n) is 4.25. The van der Waals surface area contributed by atoms with Crippen LogP contribution in [0.2, 0.25) is 0 Å². The molecule has 2 unspecified atom stereocenters. The Balaban J connectivity index is 1.66. The average molecular weight is 433 g/mol. The minimum Gasteiger partial charge on any atom is -0.493 e. The van der Waals surface area contributed by atoms with Crippen LogP contribution in [0, 0.1) is 0 Å². The number of halogens is 3. The molecule has 1 aliphatic heterocycles. The average Bonchev–Trinajstić information content (AvgIpc) is 2.72. The smallest absolute Gasteiger partial charge is 0.418 e. The first-order valence-corrected chi connectivity index (χ1v) is 9.89. The monoisotopic (exact) mass is 433 g/mol. The number of hydrogen-bond donors (Lipinski definition) is 2. The standard InChI is InChI=1S/C23H22F3NO4/c1-21(10-12-30-19-8-3-2-6-17(19)21)13-22(29,23(24,25)26)14-27-18-7-4-5-16-15(18)9-11-31-20(16)28/h2-9,11,27,29H,10,12-14H2,1H3. The van der Waals surface area contributed by atoms with Crippen LogP contribution in [0.3, 0.4) is 0 Å². The summed E-state index contributed by atoms with van der Waals surface area (Å²) in [5.41, 5.74) is -3.56. The SMILES string of the molecule is CC1(CC(O)(CNc2cccc3c(=O)occc23)C(F)(F)F)CCOc2ccccc21. The third-order valence-corrected chi connectivity index (χ3v) is 5.97. The Morgan fingerprint density at radius 3 is 2.65 bits per heavy atom. The number of fused-ring (bicyclic) bond motifs is 2. The second-order valence-corrected chi connectivity index (χ2v) is 8.19. The first kappa shape index (κ1) is 21.2. The maximum atomic E-state index is 14.1. The lowest BCUT2D eigenvalue weighted by molar-refractivity contribution is -0.261. The highest BCUT2D eigenvalue weighted by Gasteiger charge is 2.57. The van der Waals surface area contributed by atoms with E-state index in [1.165, 1.54) is 18.4 Å². The maximum Gasteiger partial charge on any atom is 0.418 e. The highest BCUT2D eigenvalue weighted by atomic mass is 19.4. The number of nitrogens with one attached hydrogen (secondary N) is 1. The van der Waals surface area contributed by atoms with Gasteiger partial charge in [0.25, 0.3) is 0 Å². The molecule has 31 heavy (non-hydrogen) atoms. The number of anilines is 1. The number of ether oxygens (including phenoxy) is 1. The van der Waals surface area contributed by atoms with E-state index >= 15 is 0 Å². The van der Waals surface area contributed by atoms with E-state index < -0.39 is 35.8 Å². The number of benzene rings is 2. The van der Waals surface area contributed by atoms with Gasteiger partial charge in [-0.2, -0.15) is 13.2 Å². The van der Waals surface area contributed by atoms with E-state index in [9.17, 15) is 23.1 Å². The van der Waals surface area contributed by atoms with Crippen LogP contribution >= 0.6 is 0 Å². The topological polar surface area (TPSA) is 71.7 Å². The molecule has 5 nitrogen and oxygen atoms in total. The molecule has 0 saturated heterocycles. The first-order chi connectivity index (χ1) is 14.6. The number of hydrogen-bond acceptors (Lipinski definition) is 5. The summed E-state index contributed by atoms with van der Waals surface area (Å²) in [5.74, 6) is 0.537. The van der Waals surface area contributed by atoms with Gasteiger partial charge in [0.2, 0.25) is 0 Å². The molecule has 0 saturated carbocycles. The van der Waals surface area contributed by atoms with Gasteiger partial charge in [-0.15, -0.1) is 0 Å². The molecule has 0 aliphatic carbocycles. The molecule has 2 atom stereocenters. The molecular formula is C23H22F3NO4. The summed E-state index contributed by atoms with van der Waals surface area (Å²) in [6, 6.07) is 13.1. The fourth-order valence-corrected chi connectivity index (χ4v) is 4.25. The van der Waals surface area contributed by atoms with Gasteiger partial charge >= 0.3 is 11.8 Å². The molecule has 0 spiro atoms. The molecule has 2 heterocycles. The van der Waals surface area contributed by atoms with E-state index in [0.717, 1.165) is 0 Å². The molecule has 2 N–H and O–H groups in total. The predicted octanol–water partition coefficient (Wildman–Crippen LogP) is 4.63. The van der Waals surface area contributed by atoms with Crippen LogP contribution < -0.4 is 15.7 Å². The van der Waals surface area contributed by atoms with E-state index in [1.807, 2.05) is 0 Å². The number of aliphatic hydroxyl groups is 1. The van der Waals surface area contributed by atoms with E-state index in [0.29, 0.717) is 28.8 Å². The van der Waals surface area contributed by atoms with E-state index in [4.69, 9.17) is 9.15 Å².